The first-order valence-corrected chi connectivity index (χ1v) is 23.2. The topological polar surface area (TPSA) is 6.48 Å². The fraction of sp³-hybridized carbons (Fsp3) is 0.111. The molecular weight excluding hydrogens is 785 g/mol. The molecule has 0 saturated heterocycles. The van der Waals surface area contributed by atoms with Crippen molar-refractivity contribution >= 4 is 55.7 Å². The third-order valence-corrected chi connectivity index (χ3v) is 14.2. The minimum atomic E-state index is -0.576. The van der Waals surface area contributed by atoms with Gasteiger partial charge in [0.2, 0.25) is 0 Å². The average molecular weight is 835 g/mol. The van der Waals surface area contributed by atoms with Gasteiger partial charge in [-0.1, -0.05) is 179 Å². The summed E-state index contributed by atoms with van der Waals surface area (Å²) in [6, 6.07) is 81.9. The van der Waals surface area contributed by atoms with E-state index in [4.69, 9.17) is 0 Å². The van der Waals surface area contributed by atoms with Crippen LogP contribution in [0.4, 0.5) is 34.1 Å². The van der Waals surface area contributed by atoms with Crippen molar-refractivity contribution in [3.05, 3.63) is 252 Å². The molecule has 12 rings (SSSR count). The van der Waals surface area contributed by atoms with E-state index in [1.807, 2.05) is 0 Å². The van der Waals surface area contributed by atoms with Gasteiger partial charge in [-0.25, -0.2) is 0 Å². The van der Waals surface area contributed by atoms with Crippen LogP contribution in [0.25, 0.3) is 43.8 Å². The molecule has 0 N–H and O–H groups in total. The largest absolute Gasteiger partial charge is 0.310 e. The summed E-state index contributed by atoms with van der Waals surface area (Å²) < 4.78 is 0. The molecule has 0 amide bonds. The molecule has 312 valence electrons. The second-order valence-electron chi connectivity index (χ2n) is 18.4. The number of fused-ring (bicyclic) bond motifs is 14. The summed E-state index contributed by atoms with van der Waals surface area (Å²) in [4.78, 5) is 4.87. The minimum Gasteiger partial charge on any atom is -0.310 e. The van der Waals surface area contributed by atoms with Crippen LogP contribution in [0.5, 0.6) is 0 Å². The Labute approximate surface area is 382 Å². The number of para-hydroxylation sites is 2. The van der Waals surface area contributed by atoms with Gasteiger partial charge in [0.15, 0.2) is 0 Å². The van der Waals surface area contributed by atoms with E-state index in [0.29, 0.717) is 11.8 Å². The molecule has 0 unspecified atom stereocenters. The lowest BCUT2D eigenvalue weighted by atomic mass is 9.69. The summed E-state index contributed by atoms with van der Waals surface area (Å²) in [5, 5.41) is 4.97. The first-order valence-electron chi connectivity index (χ1n) is 23.2. The van der Waals surface area contributed by atoms with Crippen LogP contribution < -0.4 is 9.80 Å². The van der Waals surface area contributed by atoms with E-state index in [0.717, 1.165) is 28.4 Å². The summed E-state index contributed by atoms with van der Waals surface area (Å²) in [5.74, 6) is 0.907. The highest BCUT2D eigenvalue weighted by atomic mass is 15.1. The molecule has 2 aliphatic carbocycles. The molecule has 0 radical (unpaired) electrons. The van der Waals surface area contributed by atoms with Gasteiger partial charge in [-0.15, -0.1) is 0 Å². The van der Waals surface area contributed by atoms with Crippen LogP contribution in [0.3, 0.4) is 0 Å². The Kier molecular flexibility index (Phi) is 9.14. The van der Waals surface area contributed by atoms with Gasteiger partial charge in [0, 0.05) is 33.8 Å². The summed E-state index contributed by atoms with van der Waals surface area (Å²) in [6.07, 6.45) is 0. The number of benzene rings is 10. The van der Waals surface area contributed by atoms with Crippen molar-refractivity contribution < 1.29 is 0 Å². The molecule has 2 aliphatic rings. The molecule has 0 bridgehead atoms. The second-order valence-corrected chi connectivity index (χ2v) is 18.4. The lowest BCUT2D eigenvalue weighted by molar-refractivity contribution is 0.802. The Bertz CT molecular complexity index is 3370. The molecule has 65 heavy (non-hydrogen) atoms. The van der Waals surface area contributed by atoms with Gasteiger partial charge in [-0.05, 0) is 150 Å². The number of rotatable bonds is 8. The van der Waals surface area contributed by atoms with Crippen molar-refractivity contribution in [2.75, 3.05) is 9.80 Å². The molecule has 2 nitrogen and oxygen atoms in total. The Balaban J connectivity index is 1.15. The first kappa shape index (κ1) is 39.0. The van der Waals surface area contributed by atoms with Crippen molar-refractivity contribution in [2.45, 2.75) is 44.9 Å². The summed E-state index contributed by atoms with van der Waals surface area (Å²) in [5.41, 5.74) is 19.5. The molecule has 0 atom stereocenters. The summed E-state index contributed by atoms with van der Waals surface area (Å²) in [7, 11) is 0. The van der Waals surface area contributed by atoms with E-state index < -0.39 is 5.41 Å². The van der Waals surface area contributed by atoms with Crippen LogP contribution in [-0.4, -0.2) is 0 Å². The van der Waals surface area contributed by atoms with Crippen LogP contribution >= 0.6 is 0 Å². The monoisotopic (exact) mass is 834 g/mol. The zero-order valence-electron chi connectivity index (χ0n) is 37.3. The van der Waals surface area contributed by atoms with Gasteiger partial charge < -0.3 is 9.80 Å². The lowest BCUT2D eigenvalue weighted by Gasteiger charge is -2.34. The van der Waals surface area contributed by atoms with Gasteiger partial charge in [-0.2, -0.15) is 0 Å². The third-order valence-electron chi connectivity index (χ3n) is 14.2. The predicted molar refractivity (Wildman–Crippen MR) is 275 cm³/mol. The second kappa shape index (κ2) is 15.2. The maximum absolute atomic E-state index is 2.55. The highest BCUT2D eigenvalue weighted by Crippen LogP contribution is 2.66. The van der Waals surface area contributed by atoms with Crippen molar-refractivity contribution in [3.63, 3.8) is 0 Å². The van der Waals surface area contributed by atoms with E-state index >= 15 is 0 Å². The van der Waals surface area contributed by atoms with Crippen LogP contribution in [0.2, 0.25) is 0 Å². The number of anilines is 6. The van der Waals surface area contributed by atoms with Crippen LogP contribution in [0.15, 0.2) is 218 Å². The highest BCUT2D eigenvalue weighted by Gasteiger charge is 2.53. The van der Waals surface area contributed by atoms with Crippen LogP contribution in [0.1, 0.15) is 72.9 Å². The smallest absolute Gasteiger partial charge is 0.0732 e. The van der Waals surface area contributed by atoms with E-state index in [1.54, 1.807) is 0 Å². The summed E-state index contributed by atoms with van der Waals surface area (Å²) in [6.45, 7) is 9.04. The molecule has 0 heterocycles. The highest BCUT2D eigenvalue weighted by molar-refractivity contribution is 6.15. The first-order chi connectivity index (χ1) is 31.9. The van der Waals surface area contributed by atoms with Crippen LogP contribution in [0, 0.1) is 0 Å². The molecule has 1 spiro atoms. The molecule has 10 aromatic rings. The average Bonchev–Trinajstić information content (AvgIpc) is 3.82. The molecule has 0 aromatic heterocycles. The minimum absolute atomic E-state index is 0.444. The zero-order chi connectivity index (χ0) is 43.8. The standard InChI is InChI=1S/C63H50N2/c1-41(2)43-27-32-48(33-28-43)64(46-17-7-5-8-18-46)50-36-38-51-45(39-50)31-37-56-61-55-24-12-11-23-54(55)60(65(47-19-9-6-10-20-47)49-34-29-44(30-35-49)42(3)4)40-59(61)63(62(51)56)57-25-15-13-21-52(57)53-22-14-16-26-58(53)63/h5-42H,1-4H3. The van der Waals surface area contributed by atoms with Gasteiger partial charge in [0.25, 0.3) is 0 Å². The van der Waals surface area contributed by atoms with Gasteiger partial charge in [-0.3, -0.25) is 0 Å². The van der Waals surface area contributed by atoms with Crippen molar-refractivity contribution in [1.29, 1.82) is 0 Å². The van der Waals surface area contributed by atoms with Gasteiger partial charge in [0.1, 0.15) is 0 Å². The van der Waals surface area contributed by atoms with E-state index in [1.165, 1.54) is 82.9 Å². The molecule has 2 heteroatoms. The Morgan fingerprint density at radius 2 is 0.815 bits per heavy atom. The molecule has 0 saturated carbocycles. The lowest BCUT2D eigenvalue weighted by Crippen LogP contribution is -2.26. The van der Waals surface area contributed by atoms with Crippen molar-refractivity contribution in [1.82, 2.24) is 0 Å². The van der Waals surface area contributed by atoms with Crippen LogP contribution in [-0.2, 0) is 5.41 Å². The quantitative estimate of drug-likeness (QED) is 0.150. The summed E-state index contributed by atoms with van der Waals surface area (Å²) >= 11 is 0. The predicted octanol–water partition coefficient (Wildman–Crippen LogP) is 17.5. The third kappa shape index (κ3) is 5.94. The molecular formula is C63H50N2. The molecule has 0 fully saturated rings. The Morgan fingerprint density at radius 1 is 0.338 bits per heavy atom. The number of hydrogen-bond acceptors (Lipinski definition) is 2. The van der Waals surface area contributed by atoms with Crippen molar-refractivity contribution in [2.24, 2.45) is 0 Å². The SMILES string of the molecule is CC(C)c1ccc(N(c2ccccc2)c2ccc3c4c(ccc3c2)-c2c(cc(N(c3ccccc3)c3ccc(C(C)C)cc3)c3ccccc23)C42c3ccccc3-c3ccccc32)cc1. The Hall–Kier alpha value is -7.68. The fourth-order valence-electron chi connectivity index (χ4n) is 11.2. The molecule has 10 aromatic carbocycles. The fourth-order valence-corrected chi connectivity index (χ4v) is 11.2. The zero-order valence-corrected chi connectivity index (χ0v) is 37.3. The van der Waals surface area contributed by atoms with E-state index in [-0.39, 0.29) is 0 Å². The van der Waals surface area contributed by atoms with E-state index in [9.17, 15) is 0 Å². The van der Waals surface area contributed by atoms with Gasteiger partial charge >= 0.3 is 0 Å². The Morgan fingerprint density at radius 3 is 1.40 bits per heavy atom. The normalized spacial score (nSPS) is 13.0. The van der Waals surface area contributed by atoms with E-state index in [2.05, 4.69) is 256 Å². The maximum atomic E-state index is 2.55. The number of hydrogen-bond donors (Lipinski definition) is 0. The van der Waals surface area contributed by atoms with Crippen molar-refractivity contribution in [3.8, 4) is 22.3 Å². The molecule has 0 aliphatic heterocycles. The maximum Gasteiger partial charge on any atom is 0.0732 e. The number of nitrogens with zero attached hydrogens (tertiary/aromatic N) is 2. The van der Waals surface area contributed by atoms with Gasteiger partial charge in [0.05, 0.1) is 11.1 Å².